The Bertz CT molecular complexity index is 487. The molecule has 0 saturated carbocycles. The number of rotatable bonds is 5. The molecule has 96 valence electrons. The number of nitrogens with one attached hydrogen (secondary N) is 1. The van der Waals surface area contributed by atoms with E-state index in [0.29, 0.717) is 11.8 Å². The molecule has 0 radical (unpaired) electrons. The number of hydrogen-bond acceptors (Lipinski definition) is 2. The fraction of sp³-hybridized carbons (Fsp3) is 0.333. The van der Waals surface area contributed by atoms with Crippen LogP contribution in [0, 0.1) is 0 Å². The Morgan fingerprint density at radius 3 is 2.61 bits per heavy atom. The first-order valence-corrected chi connectivity index (χ1v) is 6.36. The summed E-state index contributed by atoms with van der Waals surface area (Å²) >= 11 is 0. The van der Waals surface area contributed by atoms with Crippen LogP contribution in [-0.4, -0.2) is 16.2 Å². The van der Waals surface area contributed by atoms with E-state index in [1.807, 2.05) is 12.1 Å². The summed E-state index contributed by atoms with van der Waals surface area (Å²) in [5.74, 6) is 0.313. The first-order valence-electron chi connectivity index (χ1n) is 6.36. The molecular formula is C15H20N2O. The molecule has 1 unspecified atom stereocenters. The first kappa shape index (κ1) is 12.7. The Morgan fingerprint density at radius 1 is 1.22 bits per heavy atom. The van der Waals surface area contributed by atoms with Crippen LogP contribution in [0.1, 0.15) is 31.0 Å². The third-order valence-electron chi connectivity index (χ3n) is 3.09. The summed E-state index contributed by atoms with van der Waals surface area (Å²) in [6.45, 7) is 6.09. The van der Waals surface area contributed by atoms with Crippen LogP contribution in [0.2, 0.25) is 0 Å². The van der Waals surface area contributed by atoms with Gasteiger partial charge in [0.1, 0.15) is 5.75 Å². The molecule has 3 nitrogen and oxygen atoms in total. The number of aromatic nitrogens is 1. The SMILES string of the molecule is CCNC(C)c1ccn(Cc2ccc(O)cc2)c1. The molecule has 0 fully saturated rings. The Labute approximate surface area is 108 Å². The van der Waals surface area contributed by atoms with E-state index in [9.17, 15) is 5.11 Å². The summed E-state index contributed by atoms with van der Waals surface area (Å²) in [4.78, 5) is 0. The number of aromatic hydroxyl groups is 1. The van der Waals surface area contributed by atoms with E-state index in [1.165, 1.54) is 11.1 Å². The molecular weight excluding hydrogens is 224 g/mol. The summed E-state index contributed by atoms with van der Waals surface area (Å²) in [5.41, 5.74) is 2.49. The van der Waals surface area contributed by atoms with Crippen molar-refractivity contribution in [2.75, 3.05) is 6.54 Å². The molecule has 0 saturated heterocycles. The largest absolute Gasteiger partial charge is 0.508 e. The first-order chi connectivity index (χ1) is 8.69. The van der Waals surface area contributed by atoms with Crippen molar-refractivity contribution in [1.82, 2.24) is 9.88 Å². The Hall–Kier alpha value is -1.74. The van der Waals surface area contributed by atoms with Gasteiger partial charge in [-0.05, 0) is 42.8 Å². The van der Waals surface area contributed by atoms with Gasteiger partial charge in [-0.1, -0.05) is 19.1 Å². The molecule has 18 heavy (non-hydrogen) atoms. The zero-order chi connectivity index (χ0) is 13.0. The van der Waals surface area contributed by atoms with E-state index in [-0.39, 0.29) is 0 Å². The normalized spacial score (nSPS) is 12.6. The third-order valence-corrected chi connectivity index (χ3v) is 3.09. The van der Waals surface area contributed by atoms with Crippen molar-refractivity contribution in [3.8, 4) is 5.75 Å². The van der Waals surface area contributed by atoms with E-state index in [2.05, 4.69) is 42.2 Å². The molecule has 2 N–H and O–H groups in total. The van der Waals surface area contributed by atoms with Crippen LogP contribution < -0.4 is 5.32 Å². The number of phenols is 1. The Balaban J connectivity index is 2.04. The van der Waals surface area contributed by atoms with Gasteiger partial charge in [-0.15, -0.1) is 0 Å². The summed E-state index contributed by atoms with van der Waals surface area (Å²) in [6.07, 6.45) is 4.26. The van der Waals surface area contributed by atoms with Crippen molar-refractivity contribution >= 4 is 0 Å². The van der Waals surface area contributed by atoms with Gasteiger partial charge in [-0.2, -0.15) is 0 Å². The molecule has 0 spiro atoms. The molecule has 0 aliphatic heterocycles. The standard InChI is InChI=1S/C15H20N2O/c1-3-16-12(2)14-8-9-17(11-14)10-13-4-6-15(18)7-5-13/h4-9,11-12,16,18H,3,10H2,1-2H3. The molecule has 3 heteroatoms. The minimum Gasteiger partial charge on any atom is -0.508 e. The van der Waals surface area contributed by atoms with E-state index < -0.39 is 0 Å². The van der Waals surface area contributed by atoms with Crippen LogP contribution in [0.5, 0.6) is 5.75 Å². The van der Waals surface area contributed by atoms with E-state index >= 15 is 0 Å². The average molecular weight is 244 g/mol. The van der Waals surface area contributed by atoms with Gasteiger partial charge in [0.2, 0.25) is 0 Å². The van der Waals surface area contributed by atoms with Crippen molar-refractivity contribution in [2.45, 2.75) is 26.4 Å². The Kier molecular flexibility index (Phi) is 4.05. The lowest BCUT2D eigenvalue weighted by Crippen LogP contribution is -2.17. The maximum atomic E-state index is 9.24. The number of hydrogen-bond donors (Lipinski definition) is 2. The monoisotopic (exact) mass is 244 g/mol. The molecule has 2 rings (SSSR count). The second-order valence-corrected chi connectivity index (χ2v) is 4.56. The summed E-state index contributed by atoms with van der Waals surface area (Å²) in [6, 6.07) is 9.87. The molecule has 0 bridgehead atoms. The third kappa shape index (κ3) is 3.14. The van der Waals surface area contributed by atoms with Crippen LogP contribution in [0.25, 0.3) is 0 Å². The number of benzene rings is 1. The summed E-state index contributed by atoms with van der Waals surface area (Å²) in [7, 11) is 0. The second kappa shape index (κ2) is 5.74. The molecule has 1 aromatic heterocycles. The smallest absolute Gasteiger partial charge is 0.115 e. The zero-order valence-electron chi connectivity index (χ0n) is 10.9. The molecule has 1 aromatic carbocycles. The maximum absolute atomic E-state index is 9.24. The fourth-order valence-electron chi connectivity index (χ4n) is 2.05. The van der Waals surface area contributed by atoms with Gasteiger partial charge in [0, 0.05) is 25.0 Å². The van der Waals surface area contributed by atoms with Crippen LogP contribution in [-0.2, 0) is 6.54 Å². The van der Waals surface area contributed by atoms with Crippen LogP contribution in [0.3, 0.4) is 0 Å². The van der Waals surface area contributed by atoms with Crippen molar-refractivity contribution in [2.24, 2.45) is 0 Å². The van der Waals surface area contributed by atoms with E-state index in [4.69, 9.17) is 0 Å². The molecule has 2 aromatic rings. The van der Waals surface area contributed by atoms with Gasteiger partial charge >= 0.3 is 0 Å². The van der Waals surface area contributed by atoms with Crippen molar-refractivity contribution in [1.29, 1.82) is 0 Å². The predicted octanol–water partition coefficient (Wildman–Crippen LogP) is 2.91. The maximum Gasteiger partial charge on any atom is 0.115 e. The Morgan fingerprint density at radius 2 is 1.94 bits per heavy atom. The zero-order valence-corrected chi connectivity index (χ0v) is 10.9. The van der Waals surface area contributed by atoms with Crippen LogP contribution in [0.4, 0.5) is 0 Å². The highest BCUT2D eigenvalue weighted by Gasteiger charge is 2.05. The van der Waals surface area contributed by atoms with Gasteiger partial charge in [-0.25, -0.2) is 0 Å². The van der Waals surface area contributed by atoms with Gasteiger partial charge in [0.25, 0.3) is 0 Å². The molecule has 1 heterocycles. The fourth-order valence-corrected chi connectivity index (χ4v) is 2.05. The van der Waals surface area contributed by atoms with Gasteiger partial charge < -0.3 is 15.0 Å². The van der Waals surface area contributed by atoms with Crippen LogP contribution >= 0.6 is 0 Å². The topological polar surface area (TPSA) is 37.2 Å². The highest BCUT2D eigenvalue weighted by molar-refractivity contribution is 5.26. The molecule has 0 aliphatic carbocycles. The number of phenolic OH excluding ortho intramolecular Hbond substituents is 1. The van der Waals surface area contributed by atoms with Crippen LogP contribution in [0.15, 0.2) is 42.7 Å². The highest BCUT2D eigenvalue weighted by Crippen LogP contribution is 2.15. The molecule has 0 aliphatic rings. The number of nitrogens with zero attached hydrogens (tertiary/aromatic N) is 1. The predicted molar refractivity (Wildman–Crippen MR) is 73.7 cm³/mol. The van der Waals surface area contributed by atoms with Gasteiger partial charge in [-0.3, -0.25) is 0 Å². The second-order valence-electron chi connectivity index (χ2n) is 4.56. The quantitative estimate of drug-likeness (QED) is 0.848. The lowest BCUT2D eigenvalue weighted by molar-refractivity contribution is 0.475. The summed E-state index contributed by atoms with van der Waals surface area (Å²) in [5, 5.41) is 12.6. The van der Waals surface area contributed by atoms with Gasteiger partial charge in [0.15, 0.2) is 0 Å². The van der Waals surface area contributed by atoms with Gasteiger partial charge in [0.05, 0.1) is 0 Å². The van der Waals surface area contributed by atoms with E-state index in [1.54, 1.807) is 12.1 Å². The minimum absolute atomic E-state index is 0.313. The lowest BCUT2D eigenvalue weighted by atomic mass is 10.2. The lowest BCUT2D eigenvalue weighted by Gasteiger charge is -2.10. The van der Waals surface area contributed by atoms with Crippen molar-refractivity contribution in [3.05, 3.63) is 53.9 Å². The highest BCUT2D eigenvalue weighted by atomic mass is 16.3. The molecule has 1 atom stereocenters. The summed E-state index contributed by atoms with van der Waals surface area (Å²) < 4.78 is 2.16. The van der Waals surface area contributed by atoms with E-state index in [0.717, 1.165) is 13.1 Å². The average Bonchev–Trinajstić information content (AvgIpc) is 2.81. The molecule has 0 amide bonds. The van der Waals surface area contributed by atoms with Crippen molar-refractivity contribution < 1.29 is 5.11 Å². The minimum atomic E-state index is 0.313. The van der Waals surface area contributed by atoms with Crippen molar-refractivity contribution in [3.63, 3.8) is 0 Å².